The number of anilines is 1. The Bertz CT molecular complexity index is 1090. The third kappa shape index (κ3) is 11.9. The summed E-state index contributed by atoms with van der Waals surface area (Å²) in [4.78, 5) is 46.2. The molecule has 1 aliphatic rings. The van der Waals surface area contributed by atoms with Crippen molar-refractivity contribution in [1.82, 2.24) is 10.6 Å². The number of aromatic carboxylic acids is 1. The number of benzene rings is 2. The van der Waals surface area contributed by atoms with E-state index < -0.39 is 29.7 Å². The van der Waals surface area contributed by atoms with Crippen molar-refractivity contribution in [3.8, 4) is 0 Å². The first-order valence-electron chi connectivity index (χ1n) is 13.0. The zero-order valence-electron chi connectivity index (χ0n) is 22.7. The molecule has 10 nitrogen and oxygen atoms in total. The van der Waals surface area contributed by atoms with E-state index in [1.807, 2.05) is 51.1 Å². The van der Waals surface area contributed by atoms with Gasteiger partial charge >= 0.3 is 18.0 Å². The third-order valence-corrected chi connectivity index (χ3v) is 6.21. The number of hydrogen-bond donors (Lipinski definition) is 5. The van der Waals surface area contributed by atoms with Crippen molar-refractivity contribution < 1.29 is 34.1 Å². The second kappa shape index (κ2) is 14.8. The zero-order chi connectivity index (χ0) is 29.0. The van der Waals surface area contributed by atoms with E-state index >= 15 is 0 Å². The van der Waals surface area contributed by atoms with Gasteiger partial charge < -0.3 is 31.3 Å². The highest BCUT2D eigenvalue weighted by molar-refractivity contribution is 5.88. The number of carbonyl (C=O) groups is 4. The van der Waals surface area contributed by atoms with Crippen LogP contribution in [0.4, 0.5) is 10.5 Å². The SMILES string of the molecule is CC(C)(C)OC(=O)NC[C@H]1CC[C@H](C(=O)N[C@@H](Cc2ccccc2)C(=O)O)CC1.Nc1ccc(C(=O)O)cc1. The van der Waals surface area contributed by atoms with E-state index in [1.165, 1.54) is 12.1 Å². The lowest BCUT2D eigenvalue weighted by molar-refractivity contribution is -0.142. The van der Waals surface area contributed by atoms with Crippen molar-refractivity contribution in [2.24, 2.45) is 11.8 Å². The van der Waals surface area contributed by atoms with Crippen molar-refractivity contribution in [3.05, 3.63) is 65.7 Å². The molecule has 2 aromatic rings. The molecule has 10 heteroatoms. The first-order valence-corrected chi connectivity index (χ1v) is 13.0. The summed E-state index contributed by atoms with van der Waals surface area (Å²) < 4.78 is 5.23. The number of nitrogen functional groups attached to an aromatic ring is 1. The summed E-state index contributed by atoms with van der Waals surface area (Å²) in [6.07, 6.45) is 2.82. The van der Waals surface area contributed by atoms with Crippen LogP contribution in [0.1, 0.15) is 62.4 Å². The largest absolute Gasteiger partial charge is 0.480 e. The van der Waals surface area contributed by atoms with Crippen LogP contribution in [0.5, 0.6) is 0 Å². The van der Waals surface area contributed by atoms with Crippen molar-refractivity contribution in [1.29, 1.82) is 0 Å². The van der Waals surface area contributed by atoms with Crippen LogP contribution in [0.25, 0.3) is 0 Å². The van der Waals surface area contributed by atoms with Crippen LogP contribution in [0, 0.1) is 11.8 Å². The Kier molecular flexibility index (Phi) is 11.8. The van der Waals surface area contributed by atoms with E-state index in [4.69, 9.17) is 15.6 Å². The molecule has 0 saturated heterocycles. The minimum Gasteiger partial charge on any atom is -0.480 e. The topological polar surface area (TPSA) is 168 Å². The number of rotatable bonds is 8. The molecular weight excluding hydrogens is 502 g/mol. The summed E-state index contributed by atoms with van der Waals surface area (Å²) in [5, 5.41) is 23.4. The normalized spacial score (nSPS) is 17.5. The van der Waals surface area contributed by atoms with Crippen molar-refractivity contribution in [2.45, 2.75) is 64.5 Å². The van der Waals surface area contributed by atoms with Gasteiger partial charge in [-0.2, -0.15) is 0 Å². The van der Waals surface area contributed by atoms with Gasteiger partial charge in [-0.25, -0.2) is 14.4 Å². The van der Waals surface area contributed by atoms with Gasteiger partial charge in [-0.15, -0.1) is 0 Å². The summed E-state index contributed by atoms with van der Waals surface area (Å²) in [6, 6.07) is 14.4. The molecule has 6 N–H and O–H groups in total. The molecule has 39 heavy (non-hydrogen) atoms. The van der Waals surface area contributed by atoms with E-state index in [1.54, 1.807) is 12.1 Å². The van der Waals surface area contributed by atoms with Gasteiger partial charge in [-0.1, -0.05) is 30.3 Å². The highest BCUT2D eigenvalue weighted by Gasteiger charge is 2.30. The van der Waals surface area contributed by atoms with Crippen LogP contribution >= 0.6 is 0 Å². The van der Waals surface area contributed by atoms with Gasteiger partial charge in [0, 0.05) is 24.6 Å². The number of carboxylic acid groups (broad SMARTS) is 2. The van der Waals surface area contributed by atoms with Gasteiger partial charge in [0.05, 0.1) is 5.56 Å². The van der Waals surface area contributed by atoms with Gasteiger partial charge in [-0.3, -0.25) is 4.79 Å². The summed E-state index contributed by atoms with van der Waals surface area (Å²) >= 11 is 0. The molecule has 0 radical (unpaired) electrons. The predicted molar refractivity (Wildman–Crippen MR) is 147 cm³/mol. The summed E-state index contributed by atoms with van der Waals surface area (Å²) in [5.41, 5.74) is 6.51. The van der Waals surface area contributed by atoms with Crippen LogP contribution in [0.15, 0.2) is 54.6 Å². The average molecular weight is 542 g/mol. The summed E-state index contributed by atoms with van der Waals surface area (Å²) in [7, 11) is 0. The molecule has 1 saturated carbocycles. The molecule has 1 fully saturated rings. The van der Waals surface area contributed by atoms with Gasteiger partial charge in [0.15, 0.2) is 0 Å². The summed E-state index contributed by atoms with van der Waals surface area (Å²) in [6.45, 7) is 5.98. The van der Waals surface area contributed by atoms with Crippen LogP contribution in [-0.2, 0) is 20.7 Å². The molecule has 0 spiro atoms. The molecule has 2 aromatic carbocycles. The highest BCUT2D eigenvalue weighted by atomic mass is 16.6. The number of carboxylic acids is 2. The van der Waals surface area contributed by atoms with Crippen molar-refractivity contribution >= 4 is 29.6 Å². The Morgan fingerprint density at radius 1 is 0.949 bits per heavy atom. The van der Waals surface area contributed by atoms with Gasteiger partial charge in [-0.05, 0) is 82.2 Å². The molecular formula is C29H39N3O7. The van der Waals surface area contributed by atoms with E-state index in [9.17, 15) is 24.3 Å². The lowest BCUT2D eigenvalue weighted by atomic mass is 9.81. The maximum Gasteiger partial charge on any atom is 0.407 e. The first kappa shape index (κ1) is 31.1. The number of amides is 2. The molecule has 0 bridgehead atoms. The van der Waals surface area contributed by atoms with E-state index in [0.717, 1.165) is 18.4 Å². The second-order valence-corrected chi connectivity index (χ2v) is 10.6. The van der Waals surface area contributed by atoms with Crippen LogP contribution in [-0.4, -0.2) is 52.3 Å². The highest BCUT2D eigenvalue weighted by Crippen LogP contribution is 2.28. The van der Waals surface area contributed by atoms with Crippen LogP contribution in [0.3, 0.4) is 0 Å². The Balaban J connectivity index is 0.000000446. The van der Waals surface area contributed by atoms with Crippen LogP contribution < -0.4 is 16.4 Å². The zero-order valence-corrected chi connectivity index (χ0v) is 22.7. The number of carbonyl (C=O) groups excluding carboxylic acids is 2. The number of nitrogens with one attached hydrogen (secondary N) is 2. The molecule has 1 atom stereocenters. The van der Waals surface area contributed by atoms with E-state index in [0.29, 0.717) is 31.0 Å². The monoisotopic (exact) mass is 541 g/mol. The Hall–Kier alpha value is -4.08. The average Bonchev–Trinajstić information content (AvgIpc) is 2.87. The maximum absolute atomic E-state index is 12.6. The van der Waals surface area contributed by atoms with Crippen molar-refractivity contribution in [3.63, 3.8) is 0 Å². The lowest BCUT2D eigenvalue weighted by Crippen LogP contribution is -2.46. The smallest absolute Gasteiger partial charge is 0.407 e. The van der Waals surface area contributed by atoms with Gasteiger partial charge in [0.25, 0.3) is 0 Å². The molecule has 0 unspecified atom stereocenters. The quantitative estimate of drug-likeness (QED) is 0.311. The Morgan fingerprint density at radius 3 is 2.05 bits per heavy atom. The lowest BCUT2D eigenvalue weighted by Gasteiger charge is -2.29. The second-order valence-electron chi connectivity index (χ2n) is 10.6. The molecule has 1 aliphatic carbocycles. The molecule has 0 aliphatic heterocycles. The number of alkyl carbamates (subject to hydrolysis) is 1. The number of nitrogens with two attached hydrogens (primary N) is 1. The molecule has 2 amide bonds. The number of hydrogen-bond acceptors (Lipinski definition) is 6. The van der Waals surface area contributed by atoms with Crippen LogP contribution in [0.2, 0.25) is 0 Å². The molecule has 0 aromatic heterocycles. The fourth-order valence-electron chi connectivity index (χ4n) is 4.14. The maximum atomic E-state index is 12.6. The van der Waals surface area contributed by atoms with E-state index in [-0.39, 0.29) is 23.8 Å². The minimum absolute atomic E-state index is 0.189. The van der Waals surface area contributed by atoms with Crippen molar-refractivity contribution in [2.75, 3.05) is 12.3 Å². The Labute approximate surface area is 228 Å². The minimum atomic E-state index is -1.03. The number of aliphatic carboxylic acids is 1. The summed E-state index contributed by atoms with van der Waals surface area (Å²) in [5.74, 6) is -2.05. The first-order chi connectivity index (χ1) is 18.3. The van der Waals surface area contributed by atoms with Gasteiger partial charge in [0.1, 0.15) is 11.6 Å². The standard InChI is InChI=1S/C22H32N2O5.C7H7NO2/c1-22(2,3)29-21(28)23-14-16-9-11-17(12-10-16)19(25)24-18(20(26)27)13-15-7-5-4-6-8-15;8-6-3-1-5(2-4-6)7(9)10/h4-8,16-18H,9-14H2,1-3H3,(H,23,28)(H,24,25)(H,26,27);1-4H,8H2,(H,9,10)/t16-,17-,18-;/m0./s1. The number of ether oxygens (including phenoxy) is 1. The molecule has 0 heterocycles. The molecule has 3 rings (SSSR count). The fraction of sp³-hybridized carbons (Fsp3) is 0.448. The predicted octanol–water partition coefficient (Wildman–Crippen LogP) is 4.10. The third-order valence-electron chi connectivity index (χ3n) is 6.21. The van der Waals surface area contributed by atoms with Gasteiger partial charge in [0.2, 0.25) is 5.91 Å². The van der Waals surface area contributed by atoms with E-state index in [2.05, 4.69) is 10.6 Å². The molecule has 212 valence electrons. The Morgan fingerprint density at radius 2 is 1.54 bits per heavy atom. The fourth-order valence-corrected chi connectivity index (χ4v) is 4.14.